The molecule has 0 bridgehead atoms. The molecular formula is C29H22F3N5OS. The number of ether oxygens (including phenoxy) is 1. The molecule has 10 heteroatoms. The van der Waals surface area contributed by atoms with E-state index >= 15 is 0 Å². The zero-order valence-corrected chi connectivity index (χ0v) is 21.2. The molecule has 0 atom stereocenters. The second kappa shape index (κ2) is 11.4. The molecule has 6 nitrogen and oxygen atoms in total. The molecule has 0 amide bonds. The van der Waals surface area contributed by atoms with Crippen LogP contribution in [0.3, 0.4) is 0 Å². The van der Waals surface area contributed by atoms with Crippen LogP contribution in [0.5, 0.6) is 5.75 Å². The lowest BCUT2D eigenvalue weighted by molar-refractivity contribution is -0.274. The van der Waals surface area contributed by atoms with Gasteiger partial charge in [0.05, 0.1) is 5.69 Å². The zero-order valence-electron chi connectivity index (χ0n) is 20.4. The van der Waals surface area contributed by atoms with Crippen LogP contribution < -0.4 is 15.4 Å². The summed E-state index contributed by atoms with van der Waals surface area (Å²) in [6, 6.07) is 31.1. The summed E-state index contributed by atoms with van der Waals surface area (Å²) in [5.41, 5.74) is 5.38. The van der Waals surface area contributed by atoms with E-state index in [1.165, 1.54) is 40.8 Å². The van der Waals surface area contributed by atoms with Crippen molar-refractivity contribution in [1.82, 2.24) is 14.8 Å². The molecule has 0 unspecified atom stereocenters. The van der Waals surface area contributed by atoms with Crippen molar-refractivity contribution in [2.24, 2.45) is 0 Å². The second-order valence-corrected chi connectivity index (χ2v) is 8.94. The van der Waals surface area contributed by atoms with Crippen LogP contribution in [0, 0.1) is 0 Å². The fourth-order valence-corrected chi connectivity index (χ4v) is 4.15. The molecule has 1 aromatic heterocycles. The van der Waals surface area contributed by atoms with Crippen LogP contribution in [0.4, 0.5) is 24.5 Å². The topological polar surface area (TPSA) is 64.0 Å². The number of hydrogen-bond donors (Lipinski definition) is 2. The molecule has 0 aliphatic carbocycles. The SMILES string of the molecule is FC(F)(F)Oc1ccc(-n2cnc(-c3ccc(NC(=S)Nc4ccccc4Cc4ccccc4)cc3)n2)cc1. The fraction of sp³-hybridized carbons (Fsp3) is 0.0690. The Morgan fingerprint density at radius 3 is 2.23 bits per heavy atom. The van der Waals surface area contributed by atoms with E-state index in [9.17, 15) is 13.2 Å². The van der Waals surface area contributed by atoms with Crippen molar-refractivity contribution in [3.05, 3.63) is 121 Å². The van der Waals surface area contributed by atoms with Crippen molar-refractivity contribution in [1.29, 1.82) is 0 Å². The molecule has 2 N–H and O–H groups in total. The van der Waals surface area contributed by atoms with E-state index in [2.05, 4.69) is 43.7 Å². The number of benzene rings is 4. The number of halogens is 3. The normalized spacial score (nSPS) is 11.2. The highest BCUT2D eigenvalue weighted by Gasteiger charge is 2.31. The van der Waals surface area contributed by atoms with Gasteiger partial charge in [-0.05, 0) is 84.4 Å². The molecule has 4 aromatic carbocycles. The number of rotatable bonds is 7. The summed E-state index contributed by atoms with van der Waals surface area (Å²) in [6.07, 6.45) is -2.46. The Morgan fingerprint density at radius 1 is 0.821 bits per heavy atom. The third kappa shape index (κ3) is 6.99. The van der Waals surface area contributed by atoms with Gasteiger partial charge >= 0.3 is 6.36 Å². The fourth-order valence-electron chi connectivity index (χ4n) is 3.92. The predicted octanol–water partition coefficient (Wildman–Crippen LogP) is 7.23. The standard InChI is InChI=1S/C29H22F3N5OS/c30-29(31,32)38-25-16-14-24(15-17-25)37-19-33-27(36-37)21-10-12-23(13-11-21)34-28(39)35-26-9-5-4-8-22(26)18-20-6-2-1-3-7-20/h1-17,19H,18H2,(H2,34,35,39). The number of hydrogen-bond acceptors (Lipinski definition) is 4. The van der Waals surface area contributed by atoms with Gasteiger partial charge in [-0.3, -0.25) is 0 Å². The van der Waals surface area contributed by atoms with Crippen molar-refractivity contribution in [2.75, 3.05) is 10.6 Å². The number of aromatic nitrogens is 3. The average Bonchev–Trinajstić information content (AvgIpc) is 3.41. The lowest BCUT2D eigenvalue weighted by Crippen LogP contribution is -2.20. The van der Waals surface area contributed by atoms with Crippen molar-refractivity contribution < 1.29 is 17.9 Å². The molecule has 0 radical (unpaired) electrons. The molecule has 0 fully saturated rings. The molecule has 0 saturated carbocycles. The first-order valence-electron chi connectivity index (χ1n) is 11.9. The lowest BCUT2D eigenvalue weighted by Gasteiger charge is -2.14. The number of nitrogens with zero attached hydrogens (tertiary/aromatic N) is 3. The Balaban J connectivity index is 1.21. The highest BCUT2D eigenvalue weighted by molar-refractivity contribution is 7.80. The summed E-state index contributed by atoms with van der Waals surface area (Å²) in [5.74, 6) is 0.162. The molecule has 39 heavy (non-hydrogen) atoms. The third-order valence-electron chi connectivity index (χ3n) is 5.73. The van der Waals surface area contributed by atoms with Crippen LogP contribution in [-0.2, 0) is 6.42 Å². The molecule has 0 aliphatic rings. The van der Waals surface area contributed by atoms with E-state index in [0.29, 0.717) is 16.6 Å². The summed E-state index contributed by atoms with van der Waals surface area (Å²) in [6.45, 7) is 0. The van der Waals surface area contributed by atoms with Gasteiger partial charge < -0.3 is 15.4 Å². The molecule has 0 spiro atoms. The van der Waals surface area contributed by atoms with Gasteiger partial charge in [-0.2, -0.15) is 0 Å². The first kappa shape index (κ1) is 25.9. The van der Waals surface area contributed by atoms with E-state index in [1.807, 2.05) is 60.7 Å². The number of nitrogens with one attached hydrogen (secondary N) is 2. The predicted molar refractivity (Wildman–Crippen MR) is 149 cm³/mol. The Bertz CT molecular complexity index is 1550. The zero-order chi connectivity index (χ0) is 27.2. The number of alkyl halides is 3. The van der Waals surface area contributed by atoms with Crippen LogP contribution in [0.2, 0.25) is 0 Å². The third-order valence-corrected chi connectivity index (χ3v) is 5.93. The number of para-hydroxylation sites is 1. The Hall–Kier alpha value is -4.70. The van der Waals surface area contributed by atoms with Gasteiger partial charge in [0.2, 0.25) is 0 Å². The van der Waals surface area contributed by atoms with Crippen LogP contribution >= 0.6 is 12.2 Å². The van der Waals surface area contributed by atoms with Crippen LogP contribution in [0.25, 0.3) is 17.1 Å². The quantitative estimate of drug-likeness (QED) is 0.210. The molecule has 1 heterocycles. The van der Waals surface area contributed by atoms with Gasteiger partial charge in [-0.1, -0.05) is 48.5 Å². The molecule has 196 valence electrons. The summed E-state index contributed by atoms with van der Waals surface area (Å²) in [5, 5.41) is 11.4. The number of thiocarbonyl (C=S) groups is 1. The summed E-state index contributed by atoms with van der Waals surface area (Å²) in [7, 11) is 0. The monoisotopic (exact) mass is 545 g/mol. The van der Waals surface area contributed by atoms with E-state index in [0.717, 1.165) is 28.9 Å². The van der Waals surface area contributed by atoms with E-state index in [1.54, 1.807) is 0 Å². The van der Waals surface area contributed by atoms with Crippen molar-refractivity contribution in [3.63, 3.8) is 0 Å². The highest BCUT2D eigenvalue weighted by atomic mass is 32.1. The molecular weight excluding hydrogens is 523 g/mol. The van der Waals surface area contributed by atoms with Crippen molar-refractivity contribution >= 4 is 28.7 Å². The van der Waals surface area contributed by atoms with E-state index < -0.39 is 6.36 Å². The maximum absolute atomic E-state index is 12.4. The van der Waals surface area contributed by atoms with Crippen LogP contribution in [0.15, 0.2) is 109 Å². The maximum atomic E-state index is 12.4. The molecule has 0 aliphatic heterocycles. The first-order valence-corrected chi connectivity index (χ1v) is 12.3. The summed E-state index contributed by atoms with van der Waals surface area (Å²) < 4.78 is 42.5. The Labute approximate surface area is 228 Å². The van der Waals surface area contributed by atoms with E-state index in [-0.39, 0.29) is 5.75 Å². The van der Waals surface area contributed by atoms with Gasteiger partial charge in [-0.15, -0.1) is 18.3 Å². The van der Waals surface area contributed by atoms with Crippen molar-refractivity contribution in [2.45, 2.75) is 12.8 Å². The Kier molecular flexibility index (Phi) is 7.55. The minimum Gasteiger partial charge on any atom is -0.406 e. The van der Waals surface area contributed by atoms with Gasteiger partial charge in [-0.25, -0.2) is 9.67 Å². The smallest absolute Gasteiger partial charge is 0.406 e. The summed E-state index contributed by atoms with van der Waals surface area (Å²) >= 11 is 5.54. The first-order chi connectivity index (χ1) is 18.8. The van der Waals surface area contributed by atoms with Crippen molar-refractivity contribution in [3.8, 4) is 22.8 Å². The lowest BCUT2D eigenvalue weighted by atomic mass is 10.0. The van der Waals surface area contributed by atoms with Gasteiger partial charge in [0, 0.05) is 16.9 Å². The minimum absolute atomic E-state index is 0.304. The van der Waals surface area contributed by atoms with Crippen LogP contribution in [-0.4, -0.2) is 26.2 Å². The second-order valence-electron chi connectivity index (χ2n) is 8.53. The van der Waals surface area contributed by atoms with Gasteiger partial charge in [0.25, 0.3) is 0 Å². The molecule has 5 rings (SSSR count). The largest absolute Gasteiger partial charge is 0.573 e. The number of anilines is 2. The molecule has 0 saturated heterocycles. The summed E-state index contributed by atoms with van der Waals surface area (Å²) in [4.78, 5) is 4.32. The highest BCUT2D eigenvalue weighted by Crippen LogP contribution is 2.25. The average molecular weight is 546 g/mol. The maximum Gasteiger partial charge on any atom is 0.573 e. The van der Waals surface area contributed by atoms with Gasteiger partial charge in [0.1, 0.15) is 12.1 Å². The Morgan fingerprint density at radius 2 is 1.51 bits per heavy atom. The van der Waals surface area contributed by atoms with Gasteiger partial charge in [0.15, 0.2) is 10.9 Å². The van der Waals surface area contributed by atoms with Crippen LogP contribution in [0.1, 0.15) is 11.1 Å². The minimum atomic E-state index is -4.74. The molecule has 5 aromatic rings. The van der Waals surface area contributed by atoms with E-state index in [4.69, 9.17) is 12.2 Å².